The molecule has 0 saturated heterocycles. The maximum Gasteiger partial charge on any atom is 0.240 e. The summed E-state index contributed by atoms with van der Waals surface area (Å²) >= 11 is 0. The van der Waals surface area contributed by atoms with Crippen molar-refractivity contribution in [3.05, 3.63) is 41.2 Å². The molecule has 0 fully saturated rings. The minimum absolute atomic E-state index is 0.0893. The van der Waals surface area contributed by atoms with Crippen LogP contribution in [0.25, 0.3) is 11.0 Å². The molecule has 1 aromatic carbocycles. The fraction of sp³-hybridized carbons (Fsp3) is 0.389. The molecule has 7 heteroatoms. The van der Waals surface area contributed by atoms with Gasteiger partial charge in [-0.1, -0.05) is 11.6 Å². The number of carboxylic acids is 1. The van der Waals surface area contributed by atoms with Crippen LogP contribution in [0.2, 0.25) is 0 Å². The van der Waals surface area contributed by atoms with Crippen molar-refractivity contribution in [2.75, 3.05) is 6.54 Å². The zero-order valence-electron chi connectivity index (χ0n) is 14.0. The van der Waals surface area contributed by atoms with Crippen LogP contribution in [0.15, 0.2) is 39.2 Å². The number of benzene rings is 1. The second-order valence-electron chi connectivity index (χ2n) is 6.26. The molecule has 0 unspecified atom stereocenters. The van der Waals surface area contributed by atoms with Gasteiger partial charge in [0, 0.05) is 17.5 Å². The number of nitrogens with one attached hydrogen (secondary N) is 1. The quantitative estimate of drug-likeness (QED) is 0.795. The molecule has 1 aliphatic rings. The van der Waals surface area contributed by atoms with Crippen LogP contribution in [-0.2, 0) is 10.0 Å². The molecular weight excluding hydrogens is 342 g/mol. The Labute approximate surface area is 146 Å². The second kappa shape index (κ2) is 7.01. The van der Waals surface area contributed by atoms with E-state index in [1.165, 1.54) is 30.2 Å². The van der Waals surface area contributed by atoms with Crippen LogP contribution in [0.1, 0.15) is 48.2 Å². The molecule has 0 amide bonds. The lowest BCUT2D eigenvalue weighted by Gasteiger charge is -2.13. The standard InChI is InChI=1S/C18H21NO5S/c1-12-15-11-14(7-8-16(15)24-17(12)18(20)21)25(22,23)19-10-9-13-5-3-2-4-6-13/h5,7-8,11,19H,2-4,6,9-10H2,1H3,(H,20,21)/p-1. The first-order valence-electron chi connectivity index (χ1n) is 8.30. The first-order chi connectivity index (χ1) is 11.9. The fourth-order valence-corrected chi connectivity index (χ4v) is 4.18. The first-order valence-corrected chi connectivity index (χ1v) is 9.79. The van der Waals surface area contributed by atoms with Crippen molar-refractivity contribution < 1.29 is 22.7 Å². The number of furan rings is 1. The van der Waals surface area contributed by atoms with E-state index in [0.717, 1.165) is 19.3 Å². The van der Waals surface area contributed by atoms with Crippen molar-refractivity contribution >= 4 is 27.0 Å². The molecule has 1 heterocycles. The summed E-state index contributed by atoms with van der Waals surface area (Å²) in [5.41, 5.74) is 1.98. The van der Waals surface area contributed by atoms with E-state index >= 15 is 0 Å². The van der Waals surface area contributed by atoms with E-state index in [-0.39, 0.29) is 10.7 Å². The monoisotopic (exact) mass is 362 g/mol. The van der Waals surface area contributed by atoms with Crippen molar-refractivity contribution in [3.63, 3.8) is 0 Å². The van der Waals surface area contributed by atoms with Crippen LogP contribution in [0, 0.1) is 6.92 Å². The summed E-state index contributed by atoms with van der Waals surface area (Å²) in [4.78, 5) is 11.1. The number of hydrogen-bond donors (Lipinski definition) is 1. The molecule has 1 aliphatic carbocycles. The average molecular weight is 362 g/mol. The number of rotatable bonds is 6. The molecule has 0 bridgehead atoms. The molecule has 0 spiro atoms. The summed E-state index contributed by atoms with van der Waals surface area (Å²) in [6.45, 7) is 1.91. The van der Waals surface area contributed by atoms with Crippen molar-refractivity contribution in [1.29, 1.82) is 0 Å². The van der Waals surface area contributed by atoms with Gasteiger partial charge in [0.25, 0.3) is 0 Å². The molecule has 0 aliphatic heterocycles. The van der Waals surface area contributed by atoms with Gasteiger partial charge < -0.3 is 14.3 Å². The summed E-state index contributed by atoms with van der Waals surface area (Å²) in [6.07, 6.45) is 7.37. The number of aromatic carboxylic acids is 1. The highest BCUT2D eigenvalue weighted by atomic mass is 32.2. The van der Waals surface area contributed by atoms with Crippen LogP contribution < -0.4 is 9.83 Å². The number of carboxylic acid groups (broad SMARTS) is 1. The van der Waals surface area contributed by atoms with Gasteiger partial charge in [0.15, 0.2) is 5.76 Å². The summed E-state index contributed by atoms with van der Waals surface area (Å²) in [5.74, 6) is -1.70. The highest BCUT2D eigenvalue weighted by Gasteiger charge is 2.18. The Hall–Kier alpha value is -2.12. The van der Waals surface area contributed by atoms with Crippen molar-refractivity contribution in [3.8, 4) is 0 Å². The third kappa shape index (κ3) is 3.77. The number of hydrogen-bond acceptors (Lipinski definition) is 5. The van der Waals surface area contributed by atoms with E-state index in [9.17, 15) is 18.3 Å². The van der Waals surface area contributed by atoms with Gasteiger partial charge in [0.1, 0.15) is 11.6 Å². The maximum absolute atomic E-state index is 12.5. The van der Waals surface area contributed by atoms with Crippen LogP contribution in [-0.4, -0.2) is 20.9 Å². The molecule has 3 rings (SSSR count). The summed E-state index contributed by atoms with van der Waals surface area (Å²) in [7, 11) is -3.66. The van der Waals surface area contributed by atoms with Gasteiger partial charge in [0.2, 0.25) is 10.0 Å². The number of fused-ring (bicyclic) bond motifs is 1. The maximum atomic E-state index is 12.5. The third-order valence-electron chi connectivity index (χ3n) is 4.53. The smallest absolute Gasteiger partial charge is 0.240 e. The Morgan fingerprint density at radius 3 is 2.80 bits per heavy atom. The SMILES string of the molecule is Cc1c(C(=O)[O-])oc2ccc(S(=O)(=O)NCCC3=CCCCC3)cc12. The number of aryl methyl sites for hydroxylation is 1. The zero-order chi connectivity index (χ0) is 18.0. The number of carbonyl (C=O) groups excluding carboxylic acids is 1. The molecule has 0 atom stereocenters. The molecular formula is C18H20NO5S-. The molecule has 2 aromatic rings. The second-order valence-corrected chi connectivity index (χ2v) is 8.02. The topological polar surface area (TPSA) is 99.4 Å². The van der Waals surface area contributed by atoms with E-state index in [1.54, 1.807) is 6.92 Å². The van der Waals surface area contributed by atoms with E-state index in [4.69, 9.17) is 4.42 Å². The van der Waals surface area contributed by atoms with E-state index < -0.39 is 16.0 Å². The third-order valence-corrected chi connectivity index (χ3v) is 5.99. The molecule has 0 saturated carbocycles. The number of allylic oxidation sites excluding steroid dienone is 1. The first kappa shape index (κ1) is 17.7. The molecule has 1 N–H and O–H groups in total. The van der Waals surface area contributed by atoms with Gasteiger partial charge in [-0.3, -0.25) is 0 Å². The van der Waals surface area contributed by atoms with Gasteiger partial charge in [-0.15, -0.1) is 0 Å². The average Bonchev–Trinajstić information content (AvgIpc) is 2.92. The Morgan fingerprint density at radius 1 is 1.32 bits per heavy atom. The van der Waals surface area contributed by atoms with Gasteiger partial charge in [-0.05, 0) is 57.2 Å². The molecule has 0 radical (unpaired) electrons. The van der Waals surface area contributed by atoms with Gasteiger partial charge in [-0.2, -0.15) is 0 Å². The van der Waals surface area contributed by atoms with E-state index in [0.29, 0.717) is 29.5 Å². The van der Waals surface area contributed by atoms with Gasteiger partial charge in [-0.25, -0.2) is 13.1 Å². The predicted molar refractivity (Wildman–Crippen MR) is 91.6 cm³/mol. The Balaban J connectivity index is 1.78. The molecule has 1 aromatic heterocycles. The van der Waals surface area contributed by atoms with Crippen LogP contribution in [0.5, 0.6) is 0 Å². The van der Waals surface area contributed by atoms with Crippen molar-refractivity contribution in [2.24, 2.45) is 0 Å². The number of carbonyl (C=O) groups is 1. The lowest BCUT2D eigenvalue weighted by molar-refractivity contribution is -0.257. The minimum atomic E-state index is -3.66. The Bertz CT molecular complexity index is 940. The van der Waals surface area contributed by atoms with Crippen LogP contribution >= 0.6 is 0 Å². The zero-order valence-corrected chi connectivity index (χ0v) is 14.8. The normalized spacial score (nSPS) is 15.3. The largest absolute Gasteiger partial charge is 0.542 e. The molecule has 134 valence electrons. The lowest BCUT2D eigenvalue weighted by atomic mass is 9.97. The summed E-state index contributed by atoms with van der Waals surface area (Å²) < 4.78 is 32.8. The Kier molecular flexibility index (Phi) is 4.96. The van der Waals surface area contributed by atoms with E-state index in [2.05, 4.69) is 10.8 Å². The highest BCUT2D eigenvalue weighted by Crippen LogP contribution is 2.27. The molecule has 6 nitrogen and oxygen atoms in total. The van der Waals surface area contributed by atoms with E-state index in [1.807, 2.05) is 0 Å². The predicted octanol–water partition coefficient (Wildman–Crippen LogP) is 2.27. The van der Waals surface area contributed by atoms with Crippen LogP contribution in [0.4, 0.5) is 0 Å². The summed E-state index contributed by atoms with van der Waals surface area (Å²) in [5, 5.41) is 11.5. The Morgan fingerprint density at radius 2 is 2.12 bits per heavy atom. The fourth-order valence-electron chi connectivity index (χ4n) is 3.12. The number of sulfonamides is 1. The highest BCUT2D eigenvalue weighted by molar-refractivity contribution is 7.89. The van der Waals surface area contributed by atoms with Gasteiger partial charge in [0.05, 0.1) is 4.90 Å². The van der Waals surface area contributed by atoms with Crippen molar-refractivity contribution in [2.45, 2.75) is 43.9 Å². The van der Waals surface area contributed by atoms with Crippen LogP contribution in [0.3, 0.4) is 0 Å². The van der Waals surface area contributed by atoms with Crippen molar-refractivity contribution in [1.82, 2.24) is 4.72 Å². The lowest BCUT2D eigenvalue weighted by Crippen LogP contribution is -2.25. The van der Waals surface area contributed by atoms with Gasteiger partial charge >= 0.3 is 0 Å². The summed E-state index contributed by atoms with van der Waals surface area (Å²) in [6, 6.07) is 4.31. The molecule has 25 heavy (non-hydrogen) atoms. The minimum Gasteiger partial charge on any atom is -0.542 e.